The smallest absolute Gasteiger partial charge is 0.245 e. The number of fused-ring (bicyclic) bond motifs is 1. The van der Waals surface area contributed by atoms with Crippen molar-refractivity contribution in [2.75, 3.05) is 0 Å². The normalized spacial score (nSPS) is 18.0. The van der Waals surface area contributed by atoms with E-state index in [4.69, 9.17) is 0 Å². The lowest BCUT2D eigenvalue weighted by Gasteiger charge is -2.51. The first-order valence-electron chi connectivity index (χ1n) is 10.3. The third kappa shape index (κ3) is 3.45. The maximum atomic E-state index is 13.3. The van der Waals surface area contributed by atoms with Crippen LogP contribution in [0.4, 0.5) is 4.39 Å². The Hall–Kier alpha value is -3.21. The fourth-order valence-corrected chi connectivity index (χ4v) is 4.24. The number of β-lactam (4-membered cyclic amide) rings is 1. The molecule has 0 radical (unpaired) electrons. The number of benzene rings is 3. The average Bonchev–Trinajstić information content (AvgIpc) is 2.76. The van der Waals surface area contributed by atoms with E-state index < -0.39 is 5.54 Å². The fraction of sp³-hybridized carbons (Fsp3) is 0.280. The minimum Gasteiger partial charge on any atom is -0.350 e. The summed E-state index contributed by atoms with van der Waals surface area (Å²) in [5.41, 5.74) is 0.904. The third-order valence-corrected chi connectivity index (χ3v) is 6.23. The monoisotopic (exact) mass is 404 g/mol. The molecular formula is C25H25FN2O2. The van der Waals surface area contributed by atoms with Crippen LogP contribution in [-0.4, -0.2) is 22.3 Å². The minimum absolute atomic E-state index is 0.0611. The molecule has 0 spiro atoms. The Kier molecular flexibility index (Phi) is 5.29. The zero-order chi connectivity index (χ0) is 21.3. The number of carbonyl (C=O) groups is 2. The number of amides is 2. The first-order valence-corrected chi connectivity index (χ1v) is 10.3. The van der Waals surface area contributed by atoms with Crippen LogP contribution in [0.5, 0.6) is 0 Å². The summed E-state index contributed by atoms with van der Waals surface area (Å²) >= 11 is 0. The van der Waals surface area contributed by atoms with Crippen LogP contribution in [0.2, 0.25) is 0 Å². The van der Waals surface area contributed by atoms with Crippen LogP contribution in [-0.2, 0) is 16.1 Å². The summed E-state index contributed by atoms with van der Waals surface area (Å²) in [6, 6.07) is 20.0. The van der Waals surface area contributed by atoms with E-state index in [2.05, 4.69) is 5.32 Å². The van der Waals surface area contributed by atoms with Gasteiger partial charge in [-0.3, -0.25) is 9.59 Å². The Bertz CT molecular complexity index is 1090. The highest BCUT2D eigenvalue weighted by Gasteiger charge is 2.50. The molecule has 1 aliphatic heterocycles. The van der Waals surface area contributed by atoms with Crippen LogP contribution in [0.25, 0.3) is 10.8 Å². The summed E-state index contributed by atoms with van der Waals surface area (Å²) in [7, 11) is 0. The van der Waals surface area contributed by atoms with Crippen molar-refractivity contribution in [2.45, 2.75) is 44.8 Å². The molecule has 154 valence electrons. The summed E-state index contributed by atoms with van der Waals surface area (Å²) in [6.07, 6.45) is 0.815. The summed E-state index contributed by atoms with van der Waals surface area (Å²) in [4.78, 5) is 27.4. The van der Waals surface area contributed by atoms with Gasteiger partial charge in [0.1, 0.15) is 11.4 Å². The Balaban J connectivity index is 1.54. The molecule has 0 saturated carbocycles. The van der Waals surface area contributed by atoms with Crippen molar-refractivity contribution in [3.8, 4) is 0 Å². The summed E-state index contributed by atoms with van der Waals surface area (Å²) in [5.74, 6) is -0.561. The van der Waals surface area contributed by atoms with Crippen LogP contribution >= 0.6 is 0 Å². The molecule has 0 bridgehead atoms. The van der Waals surface area contributed by atoms with Crippen molar-refractivity contribution in [3.05, 3.63) is 83.7 Å². The van der Waals surface area contributed by atoms with Crippen molar-refractivity contribution in [1.29, 1.82) is 0 Å². The van der Waals surface area contributed by atoms with E-state index >= 15 is 0 Å². The molecule has 1 aliphatic rings. The van der Waals surface area contributed by atoms with Gasteiger partial charge < -0.3 is 10.2 Å². The van der Waals surface area contributed by atoms with Crippen molar-refractivity contribution in [1.82, 2.24) is 10.2 Å². The molecule has 2 unspecified atom stereocenters. The molecule has 30 heavy (non-hydrogen) atoms. The number of halogens is 1. The number of nitrogens with one attached hydrogen (secondary N) is 1. The summed E-state index contributed by atoms with van der Waals surface area (Å²) in [5, 5.41) is 5.26. The van der Waals surface area contributed by atoms with Gasteiger partial charge in [-0.05, 0) is 47.4 Å². The van der Waals surface area contributed by atoms with E-state index in [-0.39, 0.29) is 23.7 Å². The zero-order valence-electron chi connectivity index (χ0n) is 17.2. The molecule has 4 rings (SSSR count). The number of nitrogens with zero attached hydrogens (tertiary/aromatic N) is 1. The highest BCUT2D eigenvalue weighted by Crippen LogP contribution is 2.41. The summed E-state index contributed by atoms with van der Waals surface area (Å²) < 4.78 is 13.3. The first kappa shape index (κ1) is 20.1. The van der Waals surface area contributed by atoms with Crippen LogP contribution in [0.3, 0.4) is 0 Å². The molecule has 4 nitrogen and oxygen atoms in total. The molecule has 5 heteroatoms. The van der Waals surface area contributed by atoms with Gasteiger partial charge in [0, 0.05) is 6.54 Å². The maximum Gasteiger partial charge on any atom is 0.245 e. The number of carbonyl (C=O) groups excluding carboxylic acids is 2. The highest BCUT2D eigenvalue weighted by atomic mass is 19.1. The van der Waals surface area contributed by atoms with E-state index in [0.29, 0.717) is 19.4 Å². The van der Waals surface area contributed by atoms with Gasteiger partial charge in [-0.15, -0.1) is 0 Å². The highest BCUT2D eigenvalue weighted by molar-refractivity contribution is 5.94. The van der Waals surface area contributed by atoms with Gasteiger partial charge in [-0.1, -0.05) is 61.5 Å². The largest absolute Gasteiger partial charge is 0.350 e. The Morgan fingerprint density at radius 3 is 2.50 bits per heavy atom. The number of hydrogen-bond acceptors (Lipinski definition) is 2. The van der Waals surface area contributed by atoms with Crippen molar-refractivity contribution >= 4 is 22.6 Å². The molecular weight excluding hydrogens is 379 g/mol. The molecule has 1 N–H and O–H groups in total. The number of hydrogen-bond donors (Lipinski definition) is 1. The van der Waals surface area contributed by atoms with E-state index in [1.54, 1.807) is 24.0 Å². The predicted molar refractivity (Wildman–Crippen MR) is 115 cm³/mol. The van der Waals surface area contributed by atoms with Gasteiger partial charge in [0.05, 0.1) is 12.5 Å². The molecule has 0 aliphatic carbocycles. The van der Waals surface area contributed by atoms with Crippen molar-refractivity contribution in [3.63, 3.8) is 0 Å². The van der Waals surface area contributed by atoms with Gasteiger partial charge in [-0.25, -0.2) is 4.39 Å². The zero-order valence-corrected chi connectivity index (χ0v) is 17.2. The molecule has 3 aromatic carbocycles. The van der Waals surface area contributed by atoms with Crippen LogP contribution < -0.4 is 5.32 Å². The third-order valence-electron chi connectivity index (χ3n) is 6.23. The molecule has 2 amide bonds. The number of likely N-dealkylation sites (tertiary alicyclic amines) is 1. The predicted octanol–water partition coefficient (Wildman–Crippen LogP) is 4.74. The molecule has 3 aromatic rings. The van der Waals surface area contributed by atoms with E-state index in [1.807, 2.05) is 49.4 Å². The van der Waals surface area contributed by atoms with Gasteiger partial charge in [-0.2, -0.15) is 0 Å². The molecule has 1 heterocycles. The van der Waals surface area contributed by atoms with Gasteiger partial charge in [0.15, 0.2) is 0 Å². The van der Waals surface area contributed by atoms with Crippen molar-refractivity contribution < 1.29 is 14.0 Å². The first-order chi connectivity index (χ1) is 14.4. The lowest BCUT2D eigenvalue weighted by Crippen LogP contribution is -2.64. The molecule has 0 aromatic heterocycles. The van der Waals surface area contributed by atoms with Crippen LogP contribution in [0, 0.1) is 5.82 Å². The van der Waals surface area contributed by atoms with Gasteiger partial charge >= 0.3 is 0 Å². The second kappa shape index (κ2) is 7.90. The lowest BCUT2D eigenvalue weighted by molar-refractivity contribution is -0.164. The lowest BCUT2D eigenvalue weighted by atomic mass is 9.83. The van der Waals surface area contributed by atoms with Gasteiger partial charge in [0.2, 0.25) is 11.8 Å². The topological polar surface area (TPSA) is 49.4 Å². The second-order valence-corrected chi connectivity index (χ2v) is 7.98. The molecule has 1 saturated heterocycles. The van der Waals surface area contributed by atoms with E-state index in [1.165, 1.54) is 12.1 Å². The SMILES string of the molecule is CCC(C)(C(=O)NCc1cccc2ccccc12)N1C(=O)CC1c1ccc(F)cc1. The summed E-state index contributed by atoms with van der Waals surface area (Å²) in [6.45, 7) is 4.10. The van der Waals surface area contributed by atoms with Crippen molar-refractivity contribution in [2.24, 2.45) is 0 Å². The van der Waals surface area contributed by atoms with E-state index in [9.17, 15) is 14.0 Å². The average molecular weight is 404 g/mol. The standard InChI is InChI=1S/C25H25FN2O2/c1-3-25(2,28-22(15-23(28)29)18-11-13-20(26)14-12-18)24(30)27-16-19-9-6-8-17-7-4-5-10-21(17)19/h4-14,22H,3,15-16H2,1-2H3,(H,27,30). The number of rotatable bonds is 6. The Morgan fingerprint density at radius 1 is 1.10 bits per heavy atom. The maximum absolute atomic E-state index is 13.3. The molecule has 1 fully saturated rings. The second-order valence-electron chi connectivity index (χ2n) is 7.98. The Morgan fingerprint density at radius 2 is 1.80 bits per heavy atom. The van der Waals surface area contributed by atoms with Crippen LogP contribution in [0.1, 0.15) is 43.9 Å². The Labute approximate surface area is 175 Å². The fourth-order valence-electron chi connectivity index (χ4n) is 4.24. The van der Waals surface area contributed by atoms with E-state index in [0.717, 1.165) is 21.9 Å². The van der Waals surface area contributed by atoms with Gasteiger partial charge in [0.25, 0.3) is 0 Å². The quantitative estimate of drug-likeness (QED) is 0.604. The minimum atomic E-state index is -0.973. The van der Waals surface area contributed by atoms with Crippen LogP contribution in [0.15, 0.2) is 66.7 Å². The molecule has 2 atom stereocenters.